The molecule has 0 fully saturated rings. The Balaban J connectivity index is 1.63. The Bertz CT molecular complexity index is 1860. The molecule has 1 aromatic heterocycles. The number of hydrogen-bond acceptors (Lipinski definition) is 6. The van der Waals surface area contributed by atoms with E-state index in [0.717, 1.165) is 33.4 Å². The van der Waals surface area contributed by atoms with Crippen molar-refractivity contribution in [3.05, 3.63) is 118 Å². The van der Waals surface area contributed by atoms with Crippen molar-refractivity contribution in [2.45, 2.75) is 64.3 Å². The molecule has 0 radical (unpaired) electrons. The molecule has 3 aromatic carbocycles. The van der Waals surface area contributed by atoms with Gasteiger partial charge in [-0.1, -0.05) is 44.2 Å². The molecule has 1 heterocycles. The van der Waals surface area contributed by atoms with Crippen molar-refractivity contribution >= 4 is 17.5 Å². The molecule has 0 saturated carbocycles. The molecular weight excluding hydrogens is 676 g/mol. The first-order valence-electron chi connectivity index (χ1n) is 16.3. The van der Waals surface area contributed by atoms with Gasteiger partial charge in [0.05, 0.1) is 37.2 Å². The molecule has 270 valence electrons. The Morgan fingerprint density at radius 1 is 0.882 bits per heavy atom. The van der Waals surface area contributed by atoms with Gasteiger partial charge in [0, 0.05) is 25.1 Å². The SMILES string of the molecule is COc1ccc(C(C)C)cc1C1=C(CN(Cc2cc(C(F)(F)F)cc(C(F)(F)F)c2)c2ncc(OCCCC(=O)O)cn2)CCc2ccccc21. The van der Waals surface area contributed by atoms with Crippen LogP contribution in [0, 0.1) is 0 Å². The van der Waals surface area contributed by atoms with Gasteiger partial charge in [-0.15, -0.1) is 0 Å². The fraction of sp³-hybridized carbons (Fsp3) is 0.342. The molecule has 51 heavy (non-hydrogen) atoms. The second-order valence-electron chi connectivity index (χ2n) is 12.6. The van der Waals surface area contributed by atoms with Crippen molar-refractivity contribution in [3.8, 4) is 11.5 Å². The molecular formula is C38H37F6N3O4. The zero-order chi connectivity index (χ0) is 36.9. The minimum atomic E-state index is -5.02. The van der Waals surface area contributed by atoms with Crippen molar-refractivity contribution in [1.82, 2.24) is 9.97 Å². The van der Waals surface area contributed by atoms with E-state index in [1.165, 1.54) is 12.4 Å². The maximum absolute atomic E-state index is 13.9. The number of benzene rings is 3. The van der Waals surface area contributed by atoms with Gasteiger partial charge >= 0.3 is 18.3 Å². The lowest BCUT2D eigenvalue weighted by Gasteiger charge is -2.30. The molecule has 0 atom stereocenters. The molecule has 1 aliphatic carbocycles. The van der Waals surface area contributed by atoms with E-state index in [2.05, 4.69) is 29.9 Å². The number of rotatable bonds is 13. The highest BCUT2D eigenvalue weighted by molar-refractivity contribution is 5.88. The third-order valence-corrected chi connectivity index (χ3v) is 8.60. The van der Waals surface area contributed by atoms with E-state index in [1.807, 2.05) is 36.4 Å². The predicted octanol–water partition coefficient (Wildman–Crippen LogP) is 9.34. The van der Waals surface area contributed by atoms with Gasteiger partial charge in [0.1, 0.15) is 5.75 Å². The van der Waals surface area contributed by atoms with Gasteiger partial charge in [-0.25, -0.2) is 9.97 Å². The van der Waals surface area contributed by atoms with Gasteiger partial charge in [-0.05, 0) is 88.9 Å². The Morgan fingerprint density at radius 2 is 1.55 bits per heavy atom. The van der Waals surface area contributed by atoms with Crippen LogP contribution in [0.15, 0.2) is 78.6 Å². The van der Waals surface area contributed by atoms with Crippen LogP contribution in [0.5, 0.6) is 11.5 Å². The fourth-order valence-electron chi connectivity index (χ4n) is 6.08. The van der Waals surface area contributed by atoms with Crippen LogP contribution in [-0.4, -0.2) is 41.3 Å². The number of methoxy groups -OCH3 is 1. The lowest BCUT2D eigenvalue weighted by Crippen LogP contribution is -2.29. The van der Waals surface area contributed by atoms with Crippen LogP contribution < -0.4 is 14.4 Å². The summed E-state index contributed by atoms with van der Waals surface area (Å²) in [6, 6.07) is 15.3. The minimum Gasteiger partial charge on any atom is -0.496 e. The lowest BCUT2D eigenvalue weighted by molar-refractivity contribution is -0.143. The first-order valence-corrected chi connectivity index (χ1v) is 16.3. The van der Waals surface area contributed by atoms with Gasteiger partial charge in [-0.2, -0.15) is 26.3 Å². The Hall–Kier alpha value is -5.07. The number of ether oxygens (including phenoxy) is 2. The van der Waals surface area contributed by atoms with Gasteiger partial charge in [-0.3, -0.25) is 4.79 Å². The minimum absolute atomic E-state index is 0.0486. The van der Waals surface area contributed by atoms with Crippen LogP contribution in [0.4, 0.5) is 32.3 Å². The van der Waals surface area contributed by atoms with Crippen molar-refractivity contribution in [3.63, 3.8) is 0 Å². The monoisotopic (exact) mass is 713 g/mol. The quantitative estimate of drug-likeness (QED) is 0.109. The highest BCUT2D eigenvalue weighted by atomic mass is 19.4. The summed E-state index contributed by atoms with van der Waals surface area (Å²) in [7, 11) is 1.57. The molecule has 1 aliphatic rings. The van der Waals surface area contributed by atoms with Crippen LogP contribution in [0.1, 0.15) is 78.0 Å². The number of nitrogens with zero attached hydrogens (tertiary/aromatic N) is 3. The predicted molar refractivity (Wildman–Crippen MR) is 180 cm³/mol. The first kappa shape index (κ1) is 37.2. The van der Waals surface area contributed by atoms with Crippen LogP contribution in [0.2, 0.25) is 0 Å². The van der Waals surface area contributed by atoms with E-state index >= 15 is 0 Å². The summed E-state index contributed by atoms with van der Waals surface area (Å²) in [6.07, 6.45) is -6.03. The molecule has 0 amide bonds. The Morgan fingerprint density at radius 3 is 2.16 bits per heavy atom. The second-order valence-corrected chi connectivity index (χ2v) is 12.6. The summed E-state index contributed by atoms with van der Waals surface area (Å²) < 4.78 is 94.5. The van der Waals surface area contributed by atoms with E-state index in [9.17, 15) is 31.1 Å². The summed E-state index contributed by atoms with van der Waals surface area (Å²) in [5.41, 5.74) is 2.58. The van der Waals surface area contributed by atoms with E-state index in [0.29, 0.717) is 30.7 Å². The number of aliphatic carboxylic acids is 1. The van der Waals surface area contributed by atoms with Crippen molar-refractivity contribution in [1.29, 1.82) is 0 Å². The molecule has 7 nitrogen and oxygen atoms in total. The number of aromatic nitrogens is 2. The summed E-state index contributed by atoms with van der Waals surface area (Å²) in [5.74, 6) is 0.105. The average molecular weight is 714 g/mol. The highest BCUT2D eigenvalue weighted by Gasteiger charge is 2.37. The molecule has 1 N–H and O–H groups in total. The molecule has 13 heteroatoms. The number of aryl methyl sites for hydroxylation is 1. The van der Waals surface area contributed by atoms with E-state index < -0.39 is 29.4 Å². The van der Waals surface area contributed by atoms with E-state index in [4.69, 9.17) is 14.6 Å². The molecule has 0 unspecified atom stereocenters. The van der Waals surface area contributed by atoms with Crippen LogP contribution in [-0.2, 0) is 30.1 Å². The lowest BCUT2D eigenvalue weighted by atomic mass is 9.81. The highest BCUT2D eigenvalue weighted by Crippen LogP contribution is 2.42. The second kappa shape index (κ2) is 15.4. The number of carboxylic acid groups (broad SMARTS) is 1. The number of hydrogen-bond donors (Lipinski definition) is 1. The average Bonchev–Trinajstić information content (AvgIpc) is 3.08. The van der Waals surface area contributed by atoms with Gasteiger partial charge in [0.15, 0.2) is 5.75 Å². The van der Waals surface area contributed by atoms with Gasteiger partial charge in [0.25, 0.3) is 0 Å². The Kier molecular flexibility index (Phi) is 11.3. The van der Waals surface area contributed by atoms with Crippen LogP contribution in [0.25, 0.3) is 5.57 Å². The topological polar surface area (TPSA) is 84.8 Å². The normalized spacial score (nSPS) is 13.3. The summed E-state index contributed by atoms with van der Waals surface area (Å²) in [5, 5.41) is 8.88. The molecule has 4 aromatic rings. The fourth-order valence-corrected chi connectivity index (χ4v) is 6.08. The number of halogens is 6. The number of carboxylic acids is 1. The van der Waals surface area contributed by atoms with Gasteiger partial charge < -0.3 is 19.5 Å². The largest absolute Gasteiger partial charge is 0.496 e. The van der Waals surface area contributed by atoms with Crippen LogP contribution in [0.3, 0.4) is 0 Å². The summed E-state index contributed by atoms with van der Waals surface area (Å²) in [6.45, 7) is 3.90. The molecule has 0 spiro atoms. The maximum Gasteiger partial charge on any atom is 0.416 e. The maximum atomic E-state index is 13.9. The van der Waals surface area contributed by atoms with E-state index in [1.54, 1.807) is 12.0 Å². The summed E-state index contributed by atoms with van der Waals surface area (Å²) >= 11 is 0. The number of anilines is 1. The number of fused-ring (bicyclic) bond motifs is 1. The molecule has 0 saturated heterocycles. The standard InChI is InChI=1S/C38H37F6N3O4/c1-23(2)26-12-13-33(50-3)32(17-26)35-27(11-10-25-7-4-5-8-31(25)35)22-47(36-45-19-30(20-46-36)51-14-6-9-34(48)49)21-24-15-28(37(39,40)41)18-29(16-24)38(42,43)44/h4-5,7-8,12-13,15-20,23H,6,9-11,14,21-22H2,1-3H3,(H,48,49). The first-order chi connectivity index (χ1) is 24.1. The third kappa shape index (κ3) is 9.19. The van der Waals surface area contributed by atoms with Crippen LogP contribution >= 0.6 is 0 Å². The molecule has 0 aliphatic heterocycles. The smallest absolute Gasteiger partial charge is 0.416 e. The molecule has 0 bridgehead atoms. The van der Waals surface area contributed by atoms with Crippen molar-refractivity contribution < 1.29 is 45.7 Å². The number of carbonyl (C=O) groups is 1. The van der Waals surface area contributed by atoms with Crippen molar-refractivity contribution in [2.75, 3.05) is 25.2 Å². The zero-order valence-electron chi connectivity index (χ0n) is 28.2. The summed E-state index contributed by atoms with van der Waals surface area (Å²) in [4.78, 5) is 21.2. The van der Waals surface area contributed by atoms with E-state index in [-0.39, 0.29) is 61.8 Å². The number of alkyl halides is 6. The third-order valence-electron chi connectivity index (χ3n) is 8.60. The van der Waals surface area contributed by atoms with Gasteiger partial charge in [0.2, 0.25) is 5.95 Å². The van der Waals surface area contributed by atoms with Crippen molar-refractivity contribution in [2.24, 2.45) is 0 Å². The Labute approximate surface area is 291 Å². The zero-order valence-corrected chi connectivity index (χ0v) is 28.2. The molecule has 5 rings (SSSR count).